The van der Waals surface area contributed by atoms with Gasteiger partial charge >= 0.3 is 0 Å². The highest BCUT2D eigenvalue weighted by molar-refractivity contribution is 5.39. The van der Waals surface area contributed by atoms with Gasteiger partial charge in [-0.2, -0.15) is 0 Å². The summed E-state index contributed by atoms with van der Waals surface area (Å²) < 4.78 is 11.3. The van der Waals surface area contributed by atoms with Crippen LogP contribution in [0.3, 0.4) is 0 Å². The summed E-state index contributed by atoms with van der Waals surface area (Å²) in [4.78, 5) is 0. The summed E-state index contributed by atoms with van der Waals surface area (Å²) in [5.41, 5.74) is -0.512. The Bertz CT molecular complexity index is 416. The fourth-order valence-electron chi connectivity index (χ4n) is 2.79. The maximum absolute atomic E-state index is 10.4. The van der Waals surface area contributed by atoms with E-state index in [1.807, 2.05) is 31.2 Å². The molecule has 1 aliphatic carbocycles. The molecule has 0 spiro atoms. The first kappa shape index (κ1) is 16.1. The van der Waals surface area contributed by atoms with Gasteiger partial charge in [-0.1, -0.05) is 31.4 Å². The Hall–Kier alpha value is -1.26. The van der Waals surface area contributed by atoms with E-state index in [4.69, 9.17) is 9.47 Å². The highest BCUT2D eigenvalue weighted by atomic mass is 16.5. The van der Waals surface area contributed by atoms with Gasteiger partial charge in [0.15, 0.2) is 11.5 Å². The van der Waals surface area contributed by atoms with Crippen molar-refractivity contribution in [1.82, 2.24) is 5.32 Å². The second-order valence-corrected chi connectivity index (χ2v) is 5.69. The third kappa shape index (κ3) is 5.21. The summed E-state index contributed by atoms with van der Waals surface area (Å²) in [6.45, 7) is 4.54. The molecule has 0 unspecified atom stereocenters. The molecule has 118 valence electrons. The lowest BCUT2D eigenvalue weighted by atomic mass is 9.85. The van der Waals surface area contributed by atoms with Crippen molar-refractivity contribution in [2.24, 2.45) is 0 Å². The molecule has 4 nitrogen and oxygen atoms in total. The van der Waals surface area contributed by atoms with Gasteiger partial charge in [-0.3, -0.25) is 0 Å². The van der Waals surface area contributed by atoms with Gasteiger partial charge in [0.2, 0.25) is 0 Å². The average molecular weight is 293 g/mol. The molecule has 2 rings (SSSR count). The molecule has 0 aromatic heterocycles. The third-order valence-corrected chi connectivity index (χ3v) is 3.92. The molecule has 2 N–H and O–H groups in total. The fraction of sp³-hybridized carbons (Fsp3) is 0.647. The summed E-state index contributed by atoms with van der Waals surface area (Å²) in [6.07, 6.45) is 5.34. The van der Waals surface area contributed by atoms with Crippen LogP contribution >= 0.6 is 0 Å². The summed E-state index contributed by atoms with van der Waals surface area (Å²) >= 11 is 0. The van der Waals surface area contributed by atoms with Gasteiger partial charge in [0.1, 0.15) is 6.61 Å². The fourth-order valence-corrected chi connectivity index (χ4v) is 2.79. The average Bonchev–Trinajstić information content (AvgIpc) is 2.49. The summed E-state index contributed by atoms with van der Waals surface area (Å²) in [5.74, 6) is 1.56. The van der Waals surface area contributed by atoms with Crippen LogP contribution in [0.2, 0.25) is 0 Å². The summed E-state index contributed by atoms with van der Waals surface area (Å²) in [5, 5.41) is 13.7. The SMILES string of the molecule is CCOc1ccccc1OCCNCC1(O)CCCCC1. The van der Waals surface area contributed by atoms with Crippen LogP contribution in [0, 0.1) is 0 Å². The Balaban J connectivity index is 1.67. The molecule has 1 aromatic rings. The zero-order valence-electron chi connectivity index (χ0n) is 12.9. The smallest absolute Gasteiger partial charge is 0.161 e. The minimum absolute atomic E-state index is 0.512. The van der Waals surface area contributed by atoms with Gasteiger partial charge in [-0.05, 0) is 31.9 Å². The number of nitrogens with one attached hydrogen (secondary N) is 1. The van der Waals surface area contributed by atoms with Crippen LogP contribution < -0.4 is 14.8 Å². The lowest BCUT2D eigenvalue weighted by Gasteiger charge is -2.32. The van der Waals surface area contributed by atoms with Gasteiger partial charge < -0.3 is 19.9 Å². The molecule has 0 amide bonds. The van der Waals surface area contributed by atoms with E-state index in [1.54, 1.807) is 0 Å². The quantitative estimate of drug-likeness (QED) is 0.724. The molecule has 0 aliphatic heterocycles. The molecule has 0 radical (unpaired) electrons. The number of aliphatic hydroxyl groups is 1. The van der Waals surface area contributed by atoms with Gasteiger partial charge in [0.05, 0.1) is 12.2 Å². The standard InChI is InChI=1S/C17H27NO3/c1-2-20-15-8-4-5-9-16(15)21-13-12-18-14-17(19)10-6-3-7-11-17/h4-5,8-9,18-19H,2-3,6-7,10-14H2,1H3. The molecule has 21 heavy (non-hydrogen) atoms. The molecule has 0 heterocycles. The van der Waals surface area contributed by atoms with Gasteiger partial charge in [-0.25, -0.2) is 0 Å². The molecule has 1 saturated carbocycles. The molecule has 0 saturated heterocycles. The highest BCUT2D eigenvalue weighted by Crippen LogP contribution is 2.27. The second kappa shape index (κ2) is 8.25. The van der Waals surface area contributed by atoms with Crippen LogP contribution in [0.4, 0.5) is 0 Å². The Kier molecular flexibility index (Phi) is 6.33. The second-order valence-electron chi connectivity index (χ2n) is 5.69. The van der Waals surface area contributed by atoms with Crippen LogP contribution in [0.1, 0.15) is 39.0 Å². The van der Waals surface area contributed by atoms with E-state index in [0.29, 0.717) is 19.8 Å². The van der Waals surface area contributed by atoms with E-state index < -0.39 is 5.60 Å². The van der Waals surface area contributed by atoms with E-state index >= 15 is 0 Å². The Morgan fingerprint density at radius 3 is 2.43 bits per heavy atom. The van der Waals surface area contributed by atoms with E-state index in [1.165, 1.54) is 6.42 Å². The molecule has 0 bridgehead atoms. The van der Waals surface area contributed by atoms with Crippen molar-refractivity contribution >= 4 is 0 Å². The summed E-state index contributed by atoms with van der Waals surface area (Å²) in [6, 6.07) is 7.71. The van der Waals surface area contributed by atoms with Crippen LogP contribution in [0.5, 0.6) is 11.5 Å². The van der Waals surface area contributed by atoms with E-state index in [0.717, 1.165) is 43.7 Å². The van der Waals surface area contributed by atoms with Crippen molar-refractivity contribution in [1.29, 1.82) is 0 Å². The largest absolute Gasteiger partial charge is 0.490 e. The molecular weight excluding hydrogens is 266 g/mol. The number of rotatable bonds is 8. The van der Waals surface area contributed by atoms with Crippen molar-refractivity contribution in [3.8, 4) is 11.5 Å². The number of ether oxygens (including phenoxy) is 2. The molecule has 1 aromatic carbocycles. The number of hydrogen-bond donors (Lipinski definition) is 2. The molecule has 4 heteroatoms. The lowest BCUT2D eigenvalue weighted by Crippen LogP contribution is -2.43. The number of hydrogen-bond acceptors (Lipinski definition) is 4. The van der Waals surface area contributed by atoms with E-state index in [9.17, 15) is 5.11 Å². The number of benzene rings is 1. The zero-order valence-corrected chi connectivity index (χ0v) is 12.9. The predicted octanol–water partition coefficient (Wildman–Crippen LogP) is 2.75. The zero-order chi connectivity index (χ0) is 15.0. The Morgan fingerprint density at radius 1 is 1.10 bits per heavy atom. The van der Waals surface area contributed by atoms with Crippen LogP contribution in [0.15, 0.2) is 24.3 Å². The molecule has 0 atom stereocenters. The lowest BCUT2D eigenvalue weighted by molar-refractivity contribution is 0.00455. The van der Waals surface area contributed by atoms with Crippen LogP contribution in [-0.2, 0) is 0 Å². The first-order valence-corrected chi connectivity index (χ1v) is 8.01. The van der Waals surface area contributed by atoms with Crippen molar-refractivity contribution < 1.29 is 14.6 Å². The third-order valence-electron chi connectivity index (χ3n) is 3.92. The Labute approximate surface area is 127 Å². The highest BCUT2D eigenvalue weighted by Gasteiger charge is 2.28. The van der Waals surface area contributed by atoms with Crippen molar-refractivity contribution in [2.45, 2.75) is 44.6 Å². The van der Waals surface area contributed by atoms with Crippen LogP contribution in [-0.4, -0.2) is 37.0 Å². The minimum Gasteiger partial charge on any atom is -0.490 e. The summed E-state index contributed by atoms with van der Waals surface area (Å²) in [7, 11) is 0. The molecule has 1 fully saturated rings. The topological polar surface area (TPSA) is 50.7 Å². The predicted molar refractivity (Wildman–Crippen MR) is 84.0 cm³/mol. The molecule has 1 aliphatic rings. The normalized spacial score (nSPS) is 17.4. The first-order chi connectivity index (χ1) is 10.2. The minimum atomic E-state index is -0.512. The maximum Gasteiger partial charge on any atom is 0.161 e. The van der Waals surface area contributed by atoms with E-state index in [2.05, 4.69) is 5.32 Å². The van der Waals surface area contributed by atoms with Crippen LogP contribution in [0.25, 0.3) is 0 Å². The van der Waals surface area contributed by atoms with Gasteiger partial charge in [0, 0.05) is 13.1 Å². The monoisotopic (exact) mass is 293 g/mol. The van der Waals surface area contributed by atoms with Crippen molar-refractivity contribution in [3.63, 3.8) is 0 Å². The van der Waals surface area contributed by atoms with E-state index in [-0.39, 0.29) is 0 Å². The van der Waals surface area contributed by atoms with Crippen molar-refractivity contribution in [3.05, 3.63) is 24.3 Å². The van der Waals surface area contributed by atoms with Gasteiger partial charge in [0.25, 0.3) is 0 Å². The maximum atomic E-state index is 10.4. The first-order valence-electron chi connectivity index (χ1n) is 8.01. The number of para-hydroxylation sites is 2. The van der Waals surface area contributed by atoms with Crippen molar-refractivity contribution in [2.75, 3.05) is 26.3 Å². The Morgan fingerprint density at radius 2 is 1.76 bits per heavy atom. The van der Waals surface area contributed by atoms with Gasteiger partial charge in [-0.15, -0.1) is 0 Å². The molecular formula is C17H27NO3.